The molecule has 2 rings (SSSR count). The Bertz CT molecular complexity index is 430. The third-order valence-corrected chi connectivity index (χ3v) is 4.18. The first-order valence-electron chi connectivity index (χ1n) is 7.63. The van der Waals surface area contributed by atoms with Gasteiger partial charge >= 0.3 is 0 Å². The quantitative estimate of drug-likeness (QED) is 0.895. The summed E-state index contributed by atoms with van der Waals surface area (Å²) in [5, 5.41) is 3.43. The van der Waals surface area contributed by atoms with Crippen molar-refractivity contribution in [3.63, 3.8) is 0 Å². The van der Waals surface area contributed by atoms with E-state index >= 15 is 0 Å². The van der Waals surface area contributed by atoms with Crippen molar-refractivity contribution < 1.29 is 0 Å². The number of likely N-dealkylation sites (N-methyl/N-ethyl adjacent to an activating group) is 1. The number of pyridine rings is 1. The molecule has 0 saturated carbocycles. The first kappa shape index (κ1) is 15.3. The Morgan fingerprint density at radius 1 is 1.35 bits per heavy atom. The van der Waals surface area contributed by atoms with Gasteiger partial charge in [-0.15, -0.1) is 0 Å². The molecular formula is C16H28N4. The molecule has 0 aliphatic carbocycles. The van der Waals surface area contributed by atoms with Gasteiger partial charge in [0.05, 0.1) is 5.69 Å². The van der Waals surface area contributed by atoms with Gasteiger partial charge in [-0.05, 0) is 39.4 Å². The van der Waals surface area contributed by atoms with E-state index in [1.54, 1.807) is 0 Å². The Kier molecular flexibility index (Phi) is 5.00. The molecule has 1 aliphatic heterocycles. The third kappa shape index (κ3) is 3.93. The Balaban J connectivity index is 1.96. The van der Waals surface area contributed by atoms with Gasteiger partial charge in [0.15, 0.2) is 0 Å². The van der Waals surface area contributed by atoms with Gasteiger partial charge in [-0.25, -0.2) is 0 Å². The van der Waals surface area contributed by atoms with Crippen LogP contribution in [0.5, 0.6) is 0 Å². The van der Waals surface area contributed by atoms with Crippen LogP contribution in [0.2, 0.25) is 0 Å². The summed E-state index contributed by atoms with van der Waals surface area (Å²) in [4.78, 5) is 9.46. The smallest absolute Gasteiger partial charge is 0.0564 e. The largest absolute Gasteiger partial charge is 0.385 e. The van der Waals surface area contributed by atoms with Crippen LogP contribution in [0.25, 0.3) is 0 Å². The molecule has 20 heavy (non-hydrogen) atoms. The number of hydrogen-bond acceptors (Lipinski definition) is 4. The van der Waals surface area contributed by atoms with Crippen molar-refractivity contribution in [2.75, 3.05) is 38.5 Å². The van der Waals surface area contributed by atoms with Crippen LogP contribution in [-0.4, -0.2) is 53.5 Å². The van der Waals surface area contributed by atoms with Gasteiger partial charge in [-0.1, -0.05) is 6.92 Å². The number of piperazine rings is 1. The van der Waals surface area contributed by atoms with Gasteiger partial charge in [-0.2, -0.15) is 0 Å². The van der Waals surface area contributed by atoms with Crippen molar-refractivity contribution in [2.45, 2.75) is 39.3 Å². The molecule has 4 heteroatoms. The van der Waals surface area contributed by atoms with Gasteiger partial charge in [0.1, 0.15) is 0 Å². The third-order valence-electron chi connectivity index (χ3n) is 4.18. The average molecular weight is 276 g/mol. The number of nitrogens with one attached hydrogen (secondary N) is 1. The summed E-state index contributed by atoms with van der Waals surface area (Å²) in [6.07, 6.45) is 3.05. The van der Waals surface area contributed by atoms with Crippen molar-refractivity contribution in [3.8, 4) is 0 Å². The molecule has 0 bridgehead atoms. The molecule has 112 valence electrons. The lowest BCUT2D eigenvalue weighted by atomic mass is 9.99. The molecule has 4 nitrogen and oxygen atoms in total. The van der Waals surface area contributed by atoms with E-state index in [2.05, 4.69) is 54.0 Å². The maximum Gasteiger partial charge on any atom is 0.0564 e. The number of nitrogens with zero attached hydrogens (tertiary/aromatic N) is 3. The SMILES string of the molecule is CCCNc1ccnc(CN2CCN(C)C(C)(C)C2)c1. The van der Waals surface area contributed by atoms with Crippen molar-refractivity contribution in [1.29, 1.82) is 0 Å². The van der Waals surface area contributed by atoms with Crippen molar-refractivity contribution >= 4 is 5.69 Å². The molecule has 0 amide bonds. The molecule has 0 atom stereocenters. The van der Waals surface area contributed by atoms with Crippen LogP contribution in [-0.2, 0) is 6.54 Å². The molecule has 1 aromatic heterocycles. The van der Waals surface area contributed by atoms with Crippen LogP contribution in [0.4, 0.5) is 5.69 Å². The predicted octanol–water partition coefficient (Wildman–Crippen LogP) is 2.43. The zero-order chi connectivity index (χ0) is 14.6. The number of aromatic nitrogens is 1. The predicted molar refractivity (Wildman–Crippen MR) is 85.0 cm³/mol. The molecule has 0 radical (unpaired) electrons. The van der Waals surface area contributed by atoms with E-state index in [1.165, 1.54) is 5.69 Å². The lowest BCUT2D eigenvalue weighted by Gasteiger charge is -2.45. The second-order valence-corrected chi connectivity index (χ2v) is 6.41. The summed E-state index contributed by atoms with van der Waals surface area (Å²) in [7, 11) is 2.21. The van der Waals surface area contributed by atoms with Crippen LogP contribution in [0, 0.1) is 0 Å². The monoisotopic (exact) mass is 276 g/mol. The second-order valence-electron chi connectivity index (χ2n) is 6.41. The van der Waals surface area contributed by atoms with Crippen LogP contribution < -0.4 is 5.32 Å². The van der Waals surface area contributed by atoms with E-state index in [9.17, 15) is 0 Å². The Morgan fingerprint density at radius 3 is 2.85 bits per heavy atom. The Hall–Kier alpha value is -1.13. The standard InChI is InChI=1S/C16H28N4/c1-5-7-17-14-6-8-18-15(11-14)12-20-10-9-19(4)16(2,3)13-20/h6,8,11H,5,7,9-10,12-13H2,1-4H3,(H,17,18). The van der Waals surface area contributed by atoms with E-state index in [0.29, 0.717) is 0 Å². The molecule has 1 aromatic rings. The van der Waals surface area contributed by atoms with E-state index < -0.39 is 0 Å². The molecule has 2 heterocycles. The van der Waals surface area contributed by atoms with Crippen molar-refractivity contribution in [3.05, 3.63) is 24.0 Å². The second kappa shape index (κ2) is 6.55. The van der Waals surface area contributed by atoms with Crippen LogP contribution in [0.3, 0.4) is 0 Å². The minimum Gasteiger partial charge on any atom is -0.385 e. The molecule has 1 fully saturated rings. The average Bonchev–Trinajstić information content (AvgIpc) is 2.41. The minimum absolute atomic E-state index is 0.246. The fourth-order valence-corrected chi connectivity index (χ4v) is 2.65. The van der Waals surface area contributed by atoms with Crippen LogP contribution in [0.1, 0.15) is 32.9 Å². The maximum absolute atomic E-state index is 4.51. The first-order valence-corrected chi connectivity index (χ1v) is 7.63. The van der Waals surface area contributed by atoms with Crippen LogP contribution >= 0.6 is 0 Å². The number of anilines is 1. The fourth-order valence-electron chi connectivity index (χ4n) is 2.65. The van der Waals surface area contributed by atoms with Gasteiger partial charge in [0.25, 0.3) is 0 Å². The summed E-state index contributed by atoms with van der Waals surface area (Å²) in [5.74, 6) is 0. The molecule has 0 spiro atoms. The van der Waals surface area contributed by atoms with Gasteiger partial charge < -0.3 is 5.32 Å². The molecular weight excluding hydrogens is 248 g/mol. The Labute approximate surface area is 123 Å². The summed E-state index contributed by atoms with van der Waals surface area (Å²) in [6, 6.07) is 4.23. The zero-order valence-corrected chi connectivity index (χ0v) is 13.3. The van der Waals surface area contributed by atoms with Gasteiger partial charge in [0.2, 0.25) is 0 Å². The Morgan fingerprint density at radius 2 is 2.15 bits per heavy atom. The molecule has 0 unspecified atom stereocenters. The summed E-state index contributed by atoms with van der Waals surface area (Å²) in [6.45, 7) is 12.1. The summed E-state index contributed by atoms with van der Waals surface area (Å²) in [5.41, 5.74) is 2.59. The van der Waals surface area contributed by atoms with Crippen molar-refractivity contribution in [2.24, 2.45) is 0 Å². The highest BCUT2D eigenvalue weighted by atomic mass is 15.3. The number of rotatable bonds is 5. The normalized spacial score (nSPS) is 20.0. The van der Waals surface area contributed by atoms with Crippen molar-refractivity contribution in [1.82, 2.24) is 14.8 Å². The van der Waals surface area contributed by atoms with Crippen LogP contribution in [0.15, 0.2) is 18.3 Å². The molecule has 0 aromatic carbocycles. The first-order chi connectivity index (χ1) is 9.51. The van der Waals surface area contributed by atoms with E-state index in [0.717, 1.165) is 44.8 Å². The van der Waals surface area contributed by atoms with E-state index in [1.807, 2.05) is 12.3 Å². The van der Waals surface area contributed by atoms with E-state index in [4.69, 9.17) is 0 Å². The molecule has 1 N–H and O–H groups in total. The fraction of sp³-hybridized carbons (Fsp3) is 0.688. The van der Waals surface area contributed by atoms with E-state index in [-0.39, 0.29) is 5.54 Å². The number of hydrogen-bond donors (Lipinski definition) is 1. The molecule has 1 aliphatic rings. The highest BCUT2D eigenvalue weighted by Gasteiger charge is 2.30. The zero-order valence-electron chi connectivity index (χ0n) is 13.3. The summed E-state index contributed by atoms with van der Waals surface area (Å²) >= 11 is 0. The molecule has 1 saturated heterocycles. The lowest BCUT2D eigenvalue weighted by Crippen LogP contribution is -2.57. The topological polar surface area (TPSA) is 31.4 Å². The lowest BCUT2D eigenvalue weighted by molar-refractivity contribution is 0.0354. The minimum atomic E-state index is 0.246. The van der Waals surface area contributed by atoms with Gasteiger partial charge in [-0.3, -0.25) is 14.8 Å². The highest BCUT2D eigenvalue weighted by molar-refractivity contribution is 5.43. The van der Waals surface area contributed by atoms with Gasteiger partial charge in [0, 0.05) is 50.1 Å². The highest BCUT2D eigenvalue weighted by Crippen LogP contribution is 2.20. The maximum atomic E-state index is 4.51. The summed E-state index contributed by atoms with van der Waals surface area (Å²) < 4.78 is 0.